The van der Waals surface area contributed by atoms with E-state index in [0.29, 0.717) is 18.1 Å². The Hall–Kier alpha value is -2.04. The second kappa shape index (κ2) is 4.00. The van der Waals surface area contributed by atoms with E-state index in [-0.39, 0.29) is 0 Å². The van der Waals surface area contributed by atoms with Gasteiger partial charge in [0.25, 0.3) is 5.88 Å². The fraction of sp³-hybridized carbons (Fsp3) is 0.200. The van der Waals surface area contributed by atoms with Crippen LogP contribution in [0.3, 0.4) is 0 Å². The van der Waals surface area contributed by atoms with Crippen LogP contribution in [-0.2, 0) is 0 Å². The second-order valence-electron chi connectivity index (χ2n) is 2.94. The van der Waals surface area contributed by atoms with Gasteiger partial charge in [-0.25, -0.2) is 4.98 Å². The van der Waals surface area contributed by atoms with Gasteiger partial charge in [-0.1, -0.05) is 12.7 Å². The van der Waals surface area contributed by atoms with E-state index in [2.05, 4.69) is 21.9 Å². The molecule has 2 rings (SSSR count). The third-order valence-electron chi connectivity index (χ3n) is 1.94. The number of rotatable bonds is 4. The fourth-order valence-corrected chi connectivity index (χ4v) is 1.26. The lowest BCUT2D eigenvalue weighted by atomic mass is 10.6. The summed E-state index contributed by atoms with van der Waals surface area (Å²) in [5.41, 5.74) is 0.704. The monoisotopic (exact) mass is 204 g/mol. The maximum absolute atomic E-state index is 5.42. The summed E-state index contributed by atoms with van der Waals surface area (Å²) in [6.45, 7) is 4.01. The lowest BCUT2D eigenvalue weighted by molar-refractivity contribution is 0.351. The van der Waals surface area contributed by atoms with E-state index in [1.807, 2.05) is 23.8 Å². The molecule has 0 aliphatic carbocycles. The van der Waals surface area contributed by atoms with Gasteiger partial charge in [-0.3, -0.25) is 4.40 Å². The van der Waals surface area contributed by atoms with Gasteiger partial charge in [0.1, 0.15) is 12.4 Å². The summed E-state index contributed by atoms with van der Waals surface area (Å²) in [5.74, 6) is 1.24. The SMILES string of the molecule is C=CCOc1nc(NC)cn2ccnc12. The molecule has 0 aliphatic rings. The number of hydrogen-bond acceptors (Lipinski definition) is 4. The van der Waals surface area contributed by atoms with E-state index in [0.717, 1.165) is 5.82 Å². The first-order chi connectivity index (χ1) is 7.35. The maximum atomic E-state index is 5.42. The van der Waals surface area contributed by atoms with Crippen LogP contribution in [-0.4, -0.2) is 28.0 Å². The van der Waals surface area contributed by atoms with Crippen LogP contribution in [0.25, 0.3) is 5.65 Å². The molecule has 0 radical (unpaired) electrons. The van der Waals surface area contributed by atoms with Crippen LogP contribution in [0.5, 0.6) is 5.88 Å². The first-order valence-electron chi connectivity index (χ1n) is 4.60. The fourth-order valence-electron chi connectivity index (χ4n) is 1.26. The molecule has 0 aromatic carbocycles. The average Bonchev–Trinajstić information content (AvgIpc) is 2.73. The van der Waals surface area contributed by atoms with Gasteiger partial charge in [0.2, 0.25) is 5.65 Å². The zero-order valence-electron chi connectivity index (χ0n) is 8.47. The zero-order valence-corrected chi connectivity index (χ0v) is 8.47. The number of fused-ring (bicyclic) bond motifs is 1. The van der Waals surface area contributed by atoms with Gasteiger partial charge in [0, 0.05) is 19.4 Å². The van der Waals surface area contributed by atoms with Crippen LogP contribution in [0.4, 0.5) is 5.82 Å². The van der Waals surface area contributed by atoms with Crippen LogP contribution in [0.1, 0.15) is 0 Å². The first kappa shape index (κ1) is 9.51. The van der Waals surface area contributed by atoms with Crippen molar-refractivity contribution in [3.8, 4) is 5.88 Å². The average molecular weight is 204 g/mol. The number of anilines is 1. The van der Waals surface area contributed by atoms with Crippen molar-refractivity contribution in [2.24, 2.45) is 0 Å². The second-order valence-corrected chi connectivity index (χ2v) is 2.94. The normalized spacial score (nSPS) is 10.2. The molecule has 5 nitrogen and oxygen atoms in total. The quantitative estimate of drug-likeness (QED) is 0.763. The highest BCUT2D eigenvalue weighted by atomic mass is 16.5. The van der Waals surface area contributed by atoms with Gasteiger partial charge >= 0.3 is 0 Å². The van der Waals surface area contributed by atoms with Crippen molar-refractivity contribution in [3.63, 3.8) is 0 Å². The predicted octanol–water partition coefficient (Wildman–Crippen LogP) is 1.34. The molecule has 5 heteroatoms. The lowest BCUT2D eigenvalue weighted by Crippen LogP contribution is -2.02. The van der Waals surface area contributed by atoms with Gasteiger partial charge < -0.3 is 10.1 Å². The third-order valence-corrected chi connectivity index (χ3v) is 1.94. The summed E-state index contributed by atoms with van der Waals surface area (Å²) < 4.78 is 7.28. The molecular weight excluding hydrogens is 192 g/mol. The molecule has 2 aromatic rings. The lowest BCUT2D eigenvalue weighted by Gasteiger charge is -2.06. The molecule has 2 aromatic heterocycles. The van der Waals surface area contributed by atoms with Crippen molar-refractivity contribution in [1.82, 2.24) is 14.4 Å². The van der Waals surface area contributed by atoms with Crippen LogP contribution >= 0.6 is 0 Å². The molecule has 0 saturated heterocycles. The summed E-state index contributed by atoms with van der Waals surface area (Å²) in [7, 11) is 1.81. The Kier molecular flexibility index (Phi) is 2.53. The maximum Gasteiger partial charge on any atom is 0.260 e. The summed E-state index contributed by atoms with van der Waals surface area (Å²) >= 11 is 0. The number of hydrogen-bond donors (Lipinski definition) is 1. The first-order valence-corrected chi connectivity index (χ1v) is 4.60. The molecular formula is C10H12N4O. The molecule has 15 heavy (non-hydrogen) atoms. The van der Waals surface area contributed by atoms with Crippen molar-refractivity contribution >= 4 is 11.5 Å². The van der Waals surface area contributed by atoms with Crippen LogP contribution in [0.15, 0.2) is 31.2 Å². The minimum atomic E-state index is 0.419. The van der Waals surface area contributed by atoms with Crippen LogP contribution < -0.4 is 10.1 Å². The molecule has 2 heterocycles. The van der Waals surface area contributed by atoms with Gasteiger partial charge in [0.05, 0.1) is 6.20 Å². The number of aromatic nitrogens is 3. The van der Waals surface area contributed by atoms with Gasteiger partial charge in [-0.15, -0.1) is 0 Å². The topological polar surface area (TPSA) is 51.5 Å². The van der Waals surface area contributed by atoms with Crippen molar-refractivity contribution in [3.05, 3.63) is 31.2 Å². The van der Waals surface area contributed by atoms with E-state index in [1.54, 1.807) is 12.3 Å². The van der Waals surface area contributed by atoms with E-state index in [1.165, 1.54) is 0 Å². The predicted molar refractivity (Wildman–Crippen MR) is 58.2 cm³/mol. The summed E-state index contributed by atoms with van der Waals surface area (Å²) in [6, 6.07) is 0. The van der Waals surface area contributed by atoms with E-state index in [4.69, 9.17) is 4.74 Å². The number of ether oxygens (including phenoxy) is 1. The molecule has 0 unspecified atom stereocenters. The van der Waals surface area contributed by atoms with Crippen LogP contribution in [0, 0.1) is 0 Å². The number of nitrogens with one attached hydrogen (secondary N) is 1. The molecule has 0 fully saturated rings. The molecule has 1 N–H and O–H groups in total. The minimum Gasteiger partial charge on any atom is -0.471 e. The Labute approximate surface area is 87.4 Å². The van der Waals surface area contributed by atoms with Gasteiger partial charge in [-0.2, -0.15) is 4.98 Å². The summed E-state index contributed by atoms with van der Waals surface area (Å²) in [4.78, 5) is 8.43. The Balaban J connectivity index is 2.48. The van der Waals surface area contributed by atoms with Gasteiger partial charge in [0.15, 0.2) is 0 Å². The smallest absolute Gasteiger partial charge is 0.260 e. The molecule has 78 valence electrons. The number of nitrogens with zero attached hydrogens (tertiary/aromatic N) is 3. The zero-order chi connectivity index (χ0) is 10.7. The highest BCUT2D eigenvalue weighted by Crippen LogP contribution is 2.18. The summed E-state index contributed by atoms with van der Waals surface area (Å²) in [6.07, 6.45) is 7.08. The van der Waals surface area contributed by atoms with Gasteiger partial charge in [-0.05, 0) is 0 Å². The molecule has 0 bridgehead atoms. The standard InChI is InChI=1S/C10H12N4O/c1-3-6-15-10-9-12-4-5-14(9)7-8(11-2)13-10/h3-5,7,11H,1,6H2,2H3. The Morgan fingerprint density at radius 3 is 3.27 bits per heavy atom. The van der Waals surface area contributed by atoms with Crippen LogP contribution in [0.2, 0.25) is 0 Å². The minimum absolute atomic E-state index is 0.419. The highest BCUT2D eigenvalue weighted by molar-refractivity contribution is 5.53. The number of imidazole rings is 1. The molecule has 0 atom stereocenters. The summed E-state index contributed by atoms with van der Waals surface area (Å²) in [5, 5.41) is 2.96. The Morgan fingerprint density at radius 1 is 1.67 bits per heavy atom. The Bertz CT molecular complexity index is 477. The van der Waals surface area contributed by atoms with E-state index < -0.39 is 0 Å². The molecule has 0 aliphatic heterocycles. The largest absolute Gasteiger partial charge is 0.471 e. The molecule has 0 spiro atoms. The van der Waals surface area contributed by atoms with E-state index >= 15 is 0 Å². The van der Waals surface area contributed by atoms with Crippen molar-refractivity contribution < 1.29 is 4.74 Å². The molecule has 0 amide bonds. The Morgan fingerprint density at radius 2 is 2.53 bits per heavy atom. The van der Waals surface area contributed by atoms with Crippen molar-refractivity contribution in [2.45, 2.75) is 0 Å². The third kappa shape index (κ3) is 1.76. The van der Waals surface area contributed by atoms with Crippen molar-refractivity contribution in [2.75, 3.05) is 19.0 Å². The van der Waals surface area contributed by atoms with E-state index in [9.17, 15) is 0 Å². The highest BCUT2D eigenvalue weighted by Gasteiger charge is 2.06. The molecule has 0 saturated carbocycles. The van der Waals surface area contributed by atoms with Crippen molar-refractivity contribution in [1.29, 1.82) is 0 Å².